The number of aromatic nitrogens is 3. The first-order valence-corrected chi connectivity index (χ1v) is 8.64. The van der Waals surface area contributed by atoms with Gasteiger partial charge < -0.3 is 10.6 Å². The third kappa shape index (κ3) is 3.83. The van der Waals surface area contributed by atoms with Gasteiger partial charge >= 0.3 is 5.97 Å². The summed E-state index contributed by atoms with van der Waals surface area (Å²) in [5.74, 6) is 7.08. The molecule has 0 unspecified atom stereocenters. The van der Waals surface area contributed by atoms with E-state index in [0.717, 1.165) is 11.1 Å². The number of esters is 1. The number of nitrogen functional groups attached to an aromatic ring is 1. The molecule has 6 nitrogen and oxygen atoms in total. The second-order valence-corrected chi connectivity index (χ2v) is 6.46. The normalized spacial score (nSPS) is 10.6. The van der Waals surface area contributed by atoms with Crippen LogP contribution < -0.4 is 5.84 Å². The molecule has 0 fully saturated rings. The predicted octanol–water partition coefficient (Wildman–Crippen LogP) is 3.05. The van der Waals surface area contributed by atoms with Gasteiger partial charge in [0.25, 0.3) is 0 Å². The van der Waals surface area contributed by atoms with Crippen LogP contribution in [0, 0.1) is 6.92 Å². The molecule has 7 heteroatoms. The molecule has 1 aromatic heterocycles. The Bertz CT molecular complexity index is 873. The monoisotopic (exact) mass is 354 g/mol. The summed E-state index contributed by atoms with van der Waals surface area (Å²) in [6, 6.07) is 15.2. The van der Waals surface area contributed by atoms with Crippen LogP contribution >= 0.6 is 11.8 Å². The van der Waals surface area contributed by atoms with E-state index in [0.29, 0.717) is 22.3 Å². The standard InChI is InChI=1S/C18H18N4O2S/c1-12-3-7-14(8-4-12)16-20-21-18(22(16)19)25-11-13-5-9-15(10-6-13)17(23)24-2/h3-10H,11,19H2,1-2H3. The Balaban J connectivity index is 1.70. The number of thioether (sulfide) groups is 1. The summed E-state index contributed by atoms with van der Waals surface area (Å²) in [4.78, 5) is 11.4. The lowest BCUT2D eigenvalue weighted by molar-refractivity contribution is 0.0600. The highest BCUT2D eigenvalue weighted by Gasteiger charge is 2.12. The Kier molecular flexibility index (Phi) is 5.04. The fourth-order valence-electron chi connectivity index (χ4n) is 2.28. The van der Waals surface area contributed by atoms with Crippen LogP contribution in [0.4, 0.5) is 0 Å². The molecule has 0 saturated heterocycles. The number of methoxy groups -OCH3 is 1. The van der Waals surface area contributed by atoms with Crippen molar-refractivity contribution >= 4 is 17.7 Å². The van der Waals surface area contributed by atoms with Gasteiger partial charge in [-0.2, -0.15) is 0 Å². The summed E-state index contributed by atoms with van der Waals surface area (Å²) < 4.78 is 6.19. The van der Waals surface area contributed by atoms with Crippen LogP contribution in [-0.2, 0) is 10.5 Å². The Morgan fingerprint density at radius 3 is 2.44 bits per heavy atom. The summed E-state index contributed by atoms with van der Waals surface area (Å²) in [5.41, 5.74) is 3.68. The lowest BCUT2D eigenvalue weighted by Crippen LogP contribution is -2.11. The smallest absolute Gasteiger partial charge is 0.337 e. The second-order valence-electron chi connectivity index (χ2n) is 5.52. The van der Waals surface area contributed by atoms with Gasteiger partial charge in [0.15, 0.2) is 5.82 Å². The van der Waals surface area contributed by atoms with Crippen molar-refractivity contribution < 1.29 is 9.53 Å². The number of carbonyl (C=O) groups excluding carboxylic acids is 1. The molecule has 0 aliphatic heterocycles. The van der Waals surface area contributed by atoms with Crippen molar-refractivity contribution in [1.29, 1.82) is 0 Å². The van der Waals surface area contributed by atoms with E-state index in [9.17, 15) is 4.79 Å². The van der Waals surface area contributed by atoms with Crippen LogP contribution in [0.1, 0.15) is 21.5 Å². The molecule has 0 radical (unpaired) electrons. The number of carbonyl (C=O) groups is 1. The van der Waals surface area contributed by atoms with Crippen molar-refractivity contribution in [1.82, 2.24) is 14.9 Å². The Morgan fingerprint density at radius 1 is 1.12 bits per heavy atom. The minimum atomic E-state index is -0.344. The maximum absolute atomic E-state index is 11.4. The number of aryl methyl sites for hydroxylation is 1. The molecule has 0 atom stereocenters. The zero-order chi connectivity index (χ0) is 17.8. The van der Waals surface area contributed by atoms with E-state index in [-0.39, 0.29) is 5.97 Å². The number of hydrogen-bond acceptors (Lipinski definition) is 6. The number of ether oxygens (including phenoxy) is 1. The summed E-state index contributed by atoms with van der Waals surface area (Å²) in [7, 11) is 1.37. The third-order valence-electron chi connectivity index (χ3n) is 3.72. The third-order valence-corrected chi connectivity index (χ3v) is 4.73. The molecule has 25 heavy (non-hydrogen) atoms. The molecule has 0 spiro atoms. The first-order valence-electron chi connectivity index (χ1n) is 7.66. The second kappa shape index (κ2) is 7.40. The van der Waals surface area contributed by atoms with Gasteiger partial charge in [0.05, 0.1) is 12.7 Å². The predicted molar refractivity (Wildman–Crippen MR) is 97.7 cm³/mol. The van der Waals surface area contributed by atoms with Gasteiger partial charge in [0.1, 0.15) is 0 Å². The van der Waals surface area contributed by atoms with Crippen LogP contribution in [0.3, 0.4) is 0 Å². The van der Waals surface area contributed by atoms with Gasteiger partial charge in [-0.05, 0) is 24.6 Å². The van der Waals surface area contributed by atoms with E-state index >= 15 is 0 Å². The van der Waals surface area contributed by atoms with Crippen LogP contribution in [0.25, 0.3) is 11.4 Å². The highest BCUT2D eigenvalue weighted by Crippen LogP contribution is 2.24. The molecule has 0 aliphatic carbocycles. The summed E-state index contributed by atoms with van der Waals surface area (Å²) in [6.45, 7) is 2.03. The largest absolute Gasteiger partial charge is 0.465 e. The van der Waals surface area contributed by atoms with E-state index in [4.69, 9.17) is 10.6 Å². The minimum Gasteiger partial charge on any atom is -0.465 e. The fourth-order valence-corrected chi connectivity index (χ4v) is 3.09. The number of benzene rings is 2. The SMILES string of the molecule is COC(=O)c1ccc(CSc2nnc(-c3ccc(C)cc3)n2N)cc1. The van der Waals surface area contributed by atoms with E-state index in [2.05, 4.69) is 10.2 Å². The van der Waals surface area contributed by atoms with Crippen molar-refractivity contribution in [3.05, 3.63) is 65.2 Å². The Hall–Kier alpha value is -2.80. The van der Waals surface area contributed by atoms with Crippen LogP contribution in [-0.4, -0.2) is 28.0 Å². The number of rotatable bonds is 5. The average Bonchev–Trinajstić information content (AvgIpc) is 3.01. The summed E-state index contributed by atoms with van der Waals surface area (Å²) >= 11 is 1.49. The van der Waals surface area contributed by atoms with Crippen LogP contribution in [0.15, 0.2) is 53.7 Å². The summed E-state index contributed by atoms with van der Waals surface area (Å²) in [6.07, 6.45) is 0. The fraction of sp³-hybridized carbons (Fsp3) is 0.167. The number of nitrogens with two attached hydrogens (primary N) is 1. The Labute approximate surface area is 150 Å². The molecule has 3 rings (SSSR count). The highest BCUT2D eigenvalue weighted by molar-refractivity contribution is 7.98. The Morgan fingerprint density at radius 2 is 1.80 bits per heavy atom. The molecular weight excluding hydrogens is 336 g/mol. The van der Waals surface area contributed by atoms with Crippen molar-refractivity contribution in [2.75, 3.05) is 13.0 Å². The van der Waals surface area contributed by atoms with E-state index < -0.39 is 0 Å². The zero-order valence-electron chi connectivity index (χ0n) is 14.0. The zero-order valence-corrected chi connectivity index (χ0v) is 14.8. The van der Waals surface area contributed by atoms with Crippen molar-refractivity contribution in [3.63, 3.8) is 0 Å². The lowest BCUT2D eigenvalue weighted by Gasteiger charge is -2.05. The lowest BCUT2D eigenvalue weighted by atomic mass is 10.1. The topological polar surface area (TPSA) is 83.0 Å². The molecular formula is C18H18N4O2S. The molecule has 128 valence electrons. The van der Waals surface area contributed by atoms with E-state index in [1.807, 2.05) is 43.3 Å². The quantitative estimate of drug-likeness (QED) is 0.431. The van der Waals surface area contributed by atoms with Crippen LogP contribution in [0.2, 0.25) is 0 Å². The van der Waals surface area contributed by atoms with Gasteiger partial charge in [-0.15, -0.1) is 10.2 Å². The number of hydrogen-bond donors (Lipinski definition) is 1. The highest BCUT2D eigenvalue weighted by atomic mass is 32.2. The van der Waals surface area contributed by atoms with Crippen LogP contribution in [0.5, 0.6) is 0 Å². The van der Waals surface area contributed by atoms with Gasteiger partial charge in [-0.1, -0.05) is 53.7 Å². The van der Waals surface area contributed by atoms with Crippen molar-refractivity contribution in [2.24, 2.45) is 0 Å². The first kappa shape index (κ1) is 17.0. The van der Waals surface area contributed by atoms with Gasteiger partial charge in [-0.3, -0.25) is 0 Å². The summed E-state index contributed by atoms with van der Waals surface area (Å²) in [5, 5.41) is 8.98. The van der Waals surface area contributed by atoms with Gasteiger partial charge in [0, 0.05) is 11.3 Å². The molecule has 2 N–H and O–H groups in total. The van der Waals surface area contributed by atoms with Gasteiger partial charge in [-0.25, -0.2) is 9.47 Å². The van der Waals surface area contributed by atoms with E-state index in [1.165, 1.54) is 29.1 Å². The molecule has 3 aromatic rings. The van der Waals surface area contributed by atoms with Gasteiger partial charge in [0.2, 0.25) is 5.16 Å². The van der Waals surface area contributed by atoms with Crippen molar-refractivity contribution in [3.8, 4) is 11.4 Å². The molecule has 1 heterocycles. The molecule has 2 aromatic carbocycles. The molecule has 0 aliphatic rings. The number of nitrogens with zero attached hydrogens (tertiary/aromatic N) is 3. The van der Waals surface area contributed by atoms with E-state index in [1.54, 1.807) is 12.1 Å². The maximum atomic E-state index is 11.4. The molecule has 0 bridgehead atoms. The minimum absolute atomic E-state index is 0.344. The maximum Gasteiger partial charge on any atom is 0.337 e. The molecule has 0 amide bonds. The first-order chi connectivity index (χ1) is 12.1. The van der Waals surface area contributed by atoms with Crippen molar-refractivity contribution in [2.45, 2.75) is 17.8 Å². The molecule has 0 saturated carbocycles. The average molecular weight is 354 g/mol.